The van der Waals surface area contributed by atoms with Crippen molar-refractivity contribution in [2.75, 3.05) is 0 Å². The van der Waals surface area contributed by atoms with E-state index in [0.29, 0.717) is 0 Å². The molecule has 0 nitrogen and oxygen atoms in total. The molecule has 2 aliphatic rings. The summed E-state index contributed by atoms with van der Waals surface area (Å²) in [5.41, 5.74) is 3.57. The zero-order valence-electron chi connectivity index (χ0n) is 25.5. The van der Waals surface area contributed by atoms with Gasteiger partial charge in [0.05, 0.1) is 15.8 Å². The van der Waals surface area contributed by atoms with Gasteiger partial charge in [-0.05, 0) is 98.5 Å². The molecule has 0 bridgehead atoms. The van der Waals surface area contributed by atoms with Crippen LogP contribution in [0, 0.1) is 0 Å². The second kappa shape index (κ2) is 17.3. The molecule has 45 heavy (non-hydrogen) atoms. The third kappa shape index (κ3) is 8.87. The minimum Gasteiger partial charge on any atom is -0.0704 e. The molecule has 0 atom stereocenters. The first-order valence-electron chi connectivity index (χ1n) is 15.6. The number of hydrogen-bond acceptors (Lipinski definition) is 0. The molecule has 0 amide bonds. The second-order valence-corrected chi connectivity index (χ2v) is 16.1. The Balaban J connectivity index is 0.000000147. The summed E-state index contributed by atoms with van der Waals surface area (Å²) in [6.45, 7) is 0. The van der Waals surface area contributed by atoms with Crippen molar-refractivity contribution in [3.05, 3.63) is 193 Å². The number of rotatable bonds is 6. The zero-order valence-corrected chi connectivity index (χ0v) is 29.7. The topological polar surface area (TPSA) is 0 Å². The summed E-state index contributed by atoms with van der Waals surface area (Å²) in [6.07, 6.45) is 5.76. The first-order chi connectivity index (χ1) is 21.9. The van der Waals surface area contributed by atoms with Gasteiger partial charge in [-0.2, -0.15) is 0 Å². The van der Waals surface area contributed by atoms with E-state index in [2.05, 4.69) is 182 Å². The Bertz CT molecular complexity index is 1390. The van der Waals surface area contributed by atoms with Gasteiger partial charge in [0.15, 0.2) is 0 Å². The first-order valence-corrected chi connectivity index (χ1v) is 18.6. The van der Waals surface area contributed by atoms with Crippen molar-refractivity contribution in [2.24, 2.45) is 0 Å². The average molecular weight is 802 g/mol. The van der Waals surface area contributed by atoms with E-state index in [0.717, 1.165) is 0 Å². The molecule has 0 saturated carbocycles. The maximum Gasteiger partial charge on any atom is 0.102 e. The van der Waals surface area contributed by atoms with E-state index in [4.69, 9.17) is 0 Å². The summed E-state index contributed by atoms with van der Waals surface area (Å²) < 4.78 is 0. The molecule has 3 heteroatoms. The van der Waals surface area contributed by atoms with Crippen molar-refractivity contribution in [1.82, 2.24) is 0 Å². The van der Waals surface area contributed by atoms with Crippen LogP contribution in [0.1, 0.15) is 25.7 Å². The van der Waals surface area contributed by atoms with Gasteiger partial charge >= 0.3 is 0 Å². The van der Waals surface area contributed by atoms with Crippen LogP contribution >= 0.6 is 15.8 Å². The van der Waals surface area contributed by atoms with Crippen molar-refractivity contribution >= 4 is 47.7 Å². The van der Waals surface area contributed by atoms with Crippen molar-refractivity contribution in [2.45, 2.75) is 25.7 Å². The summed E-state index contributed by atoms with van der Waals surface area (Å²) in [5, 5.41) is 8.61. The van der Waals surface area contributed by atoms with Crippen LogP contribution in [0.3, 0.4) is 0 Å². The van der Waals surface area contributed by atoms with Gasteiger partial charge in [0.25, 0.3) is 0 Å². The molecule has 0 unspecified atom stereocenters. The number of allylic oxidation sites excluding steroid dienone is 2. The van der Waals surface area contributed by atoms with E-state index in [1.807, 2.05) is 0 Å². The van der Waals surface area contributed by atoms with E-state index in [1.54, 1.807) is 11.1 Å². The Morgan fingerprint density at radius 1 is 0.244 bits per heavy atom. The molecule has 0 aromatic heterocycles. The fourth-order valence-corrected chi connectivity index (χ4v) is 11.0. The van der Waals surface area contributed by atoms with Crippen molar-refractivity contribution in [1.29, 1.82) is 0 Å². The summed E-state index contributed by atoms with van der Waals surface area (Å²) in [5.74, 6) is 0. The Morgan fingerprint density at radius 2 is 0.400 bits per heavy atom. The predicted molar refractivity (Wildman–Crippen MR) is 199 cm³/mol. The molecule has 2 aliphatic carbocycles. The van der Waals surface area contributed by atoms with Gasteiger partial charge in [-0.15, -0.1) is 0 Å². The summed E-state index contributed by atoms with van der Waals surface area (Å²) in [7, 11) is -1.75. The van der Waals surface area contributed by atoms with Crippen LogP contribution < -0.4 is 31.8 Å². The molecule has 8 rings (SSSR count). The number of hydrogen-bond donors (Lipinski definition) is 0. The normalized spacial score (nSPS) is 12.7. The van der Waals surface area contributed by atoms with Crippen LogP contribution in [-0.4, -0.2) is 0 Å². The van der Waals surface area contributed by atoms with Crippen LogP contribution in [0.2, 0.25) is 0 Å². The maximum atomic E-state index is 2.24. The Hall–Kier alpha value is -3.39. The molecule has 0 saturated heterocycles. The Morgan fingerprint density at radius 3 is 0.511 bits per heavy atom. The van der Waals surface area contributed by atoms with E-state index in [1.165, 1.54) is 57.5 Å². The van der Waals surface area contributed by atoms with E-state index >= 15 is 0 Å². The van der Waals surface area contributed by atoms with Crippen molar-refractivity contribution in [3.8, 4) is 0 Å². The van der Waals surface area contributed by atoms with Gasteiger partial charge in [0.1, 0.15) is 31.8 Å². The minimum atomic E-state index is -0.877. The molecule has 6 aromatic carbocycles. The molecule has 0 radical (unpaired) electrons. The monoisotopic (exact) mass is 801 g/mol. The molecule has 226 valence electrons. The summed E-state index contributed by atoms with van der Waals surface area (Å²) in [4.78, 5) is 0. The maximum absolute atomic E-state index is 2.24. The zero-order chi connectivity index (χ0) is 29.8. The van der Waals surface area contributed by atoms with Crippen molar-refractivity contribution < 1.29 is 21.1 Å². The third-order valence-corrected chi connectivity index (χ3v) is 13.8. The largest absolute Gasteiger partial charge is 0.102 e. The van der Waals surface area contributed by atoms with Gasteiger partial charge in [-0.3, -0.25) is 0 Å². The fraction of sp³-hybridized carbons (Fsp3) is 0.0952. The van der Waals surface area contributed by atoms with Crippen LogP contribution in [0.5, 0.6) is 0 Å². The van der Waals surface area contributed by atoms with Gasteiger partial charge in [-0.1, -0.05) is 120 Å². The van der Waals surface area contributed by atoms with E-state index in [9.17, 15) is 0 Å². The molecule has 0 N–H and O–H groups in total. The van der Waals surface area contributed by atoms with Crippen molar-refractivity contribution in [3.63, 3.8) is 0 Å². The van der Waals surface area contributed by atoms with E-state index < -0.39 is 15.8 Å². The SMILES string of the molecule is C1CC2=C1CC2.[Pt].c1ccc([PH+](c2ccccc2)c2ccccc2)cc1.c1ccc([PH+](c2ccccc2)c2ccccc2)cc1. The van der Waals surface area contributed by atoms with Gasteiger partial charge in [0.2, 0.25) is 0 Å². The summed E-state index contributed by atoms with van der Waals surface area (Å²) >= 11 is 0. The standard InChI is InChI=1S/2C18H15P.C6H8.Pt/c2*1-4-10-16(11-5-1)19(17-12-6-2-7-13-17)18-14-8-3-9-15-18;1-2-6-4-3-5(1)6;/h2*1-15H;1-4H2;/p+2. The predicted octanol–water partition coefficient (Wildman–Crippen LogP) is 8.22. The Kier molecular flexibility index (Phi) is 12.7. The minimum absolute atomic E-state index is 0. The Labute approximate surface area is 286 Å². The third-order valence-electron chi connectivity index (χ3n) is 8.33. The van der Waals surface area contributed by atoms with Gasteiger partial charge in [-0.25, -0.2) is 0 Å². The van der Waals surface area contributed by atoms with Crippen LogP contribution in [0.25, 0.3) is 0 Å². The molecular formula is C42H40P2Pt+2. The van der Waals surface area contributed by atoms with Crippen LogP contribution in [0.4, 0.5) is 0 Å². The van der Waals surface area contributed by atoms with Crippen LogP contribution in [0.15, 0.2) is 193 Å². The smallest absolute Gasteiger partial charge is 0.0704 e. The quantitative estimate of drug-likeness (QED) is 0.118. The molecule has 0 aliphatic heterocycles. The van der Waals surface area contributed by atoms with Crippen LogP contribution in [-0.2, 0) is 21.1 Å². The molecule has 0 spiro atoms. The molecule has 6 aromatic rings. The fourth-order valence-electron chi connectivity index (χ4n) is 5.84. The molecular weight excluding hydrogens is 761 g/mol. The van der Waals surface area contributed by atoms with Gasteiger partial charge < -0.3 is 0 Å². The second-order valence-electron chi connectivity index (χ2n) is 11.2. The average Bonchev–Trinajstić information content (AvgIpc) is 3.10. The molecule has 0 heterocycles. The number of benzene rings is 6. The first kappa shape index (κ1) is 33.0. The van der Waals surface area contributed by atoms with Gasteiger partial charge in [0, 0.05) is 21.1 Å². The van der Waals surface area contributed by atoms with E-state index in [-0.39, 0.29) is 21.1 Å². The molecule has 0 fully saturated rings. The summed E-state index contributed by atoms with van der Waals surface area (Å²) in [6, 6.07) is 65.0.